The fourth-order valence-electron chi connectivity index (χ4n) is 10.4. The first kappa shape index (κ1) is 48.0. The molecule has 0 radical (unpaired) electrons. The molecule has 360 valence electrons. The van der Waals surface area contributed by atoms with Crippen LogP contribution in [0.5, 0.6) is 0 Å². The average Bonchev–Trinajstić information content (AvgIpc) is 3.43. The van der Waals surface area contributed by atoms with E-state index < -0.39 is 16.1 Å². The minimum atomic E-state index is -1.51. The van der Waals surface area contributed by atoms with E-state index >= 15 is 0 Å². The van der Waals surface area contributed by atoms with Gasteiger partial charge in [0.05, 0.1) is 16.1 Å². The lowest BCUT2D eigenvalue weighted by Gasteiger charge is -2.28. The van der Waals surface area contributed by atoms with E-state index in [1.165, 1.54) is 65.3 Å². The maximum Gasteiger partial charge on any atom is 0.0775 e. The average molecular weight is 987 g/mol. The molecule has 4 heteroatoms. The summed E-state index contributed by atoms with van der Waals surface area (Å²) in [7, 11) is -3.01. The van der Waals surface area contributed by atoms with Gasteiger partial charge in [0, 0.05) is 34.1 Å². The van der Waals surface area contributed by atoms with Gasteiger partial charge in [0.15, 0.2) is 0 Å². The fraction of sp³-hybridized carbons (Fsp3) is 0.0857. The Hall–Kier alpha value is -8.29. The van der Waals surface area contributed by atoms with Gasteiger partial charge >= 0.3 is 0 Å². The molecule has 11 aromatic rings. The van der Waals surface area contributed by atoms with E-state index in [0.29, 0.717) is 0 Å². The first-order chi connectivity index (χ1) is 36.0. The molecule has 0 N–H and O–H groups in total. The van der Waals surface area contributed by atoms with Gasteiger partial charge in [-0.25, -0.2) is 0 Å². The van der Waals surface area contributed by atoms with Gasteiger partial charge < -0.3 is 9.80 Å². The van der Waals surface area contributed by atoms with Crippen molar-refractivity contribution in [2.45, 2.75) is 39.3 Å². The summed E-state index contributed by atoms with van der Waals surface area (Å²) in [5, 5.41) is 7.73. The highest BCUT2D eigenvalue weighted by Crippen LogP contribution is 2.47. The number of nitrogens with zero attached hydrogens (tertiary/aromatic N) is 2. The monoisotopic (exact) mass is 986 g/mol. The second-order valence-corrected chi connectivity index (χ2v) is 31.6. The lowest BCUT2D eigenvalue weighted by Crippen LogP contribution is -2.37. The van der Waals surface area contributed by atoms with E-state index in [2.05, 4.69) is 316 Å². The summed E-state index contributed by atoms with van der Waals surface area (Å²) in [6.07, 6.45) is 4.41. The van der Waals surface area contributed by atoms with Crippen LogP contribution in [-0.4, -0.2) is 16.1 Å². The van der Waals surface area contributed by atoms with E-state index in [-0.39, 0.29) is 0 Å². The Kier molecular flexibility index (Phi) is 13.2. The molecule has 0 saturated heterocycles. The van der Waals surface area contributed by atoms with Crippen LogP contribution in [0.2, 0.25) is 39.3 Å². The van der Waals surface area contributed by atoms with Crippen molar-refractivity contribution >= 4 is 94.3 Å². The molecule has 0 spiro atoms. The van der Waals surface area contributed by atoms with Crippen LogP contribution in [0.25, 0.3) is 67.1 Å². The Labute approximate surface area is 440 Å². The number of hydrogen-bond donors (Lipinski definition) is 0. The number of fused-ring (bicyclic) bond motifs is 2. The van der Waals surface area contributed by atoms with Gasteiger partial charge in [0.1, 0.15) is 0 Å². The zero-order valence-electron chi connectivity index (χ0n) is 43.3. The van der Waals surface area contributed by atoms with Gasteiger partial charge in [0.2, 0.25) is 0 Å². The van der Waals surface area contributed by atoms with Crippen molar-refractivity contribution in [2.24, 2.45) is 0 Å². The van der Waals surface area contributed by atoms with Gasteiger partial charge in [-0.2, -0.15) is 0 Å². The number of benzene rings is 11. The lowest BCUT2D eigenvalue weighted by atomic mass is 9.84. The predicted molar refractivity (Wildman–Crippen MR) is 328 cm³/mol. The number of para-hydroxylation sites is 2. The van der Waals surface area contributed by atoms with E-state index in [0.717, 1.165) is 45.3 Å². The number of rotatable bonds is 13. The van der Waals surface area contributed by atoms with Crippen LogP contribution in [0.3, 0.4) is 0 Å². The van der Waals surface area contributed by atoms with Crippen molar-refractivity contribution in [3.05, 3.63) is 266 Å². The first-order valence-corrected chi connectivity index (χ1v) is 32.9. The molecule has 0 unspecified atom stereocenters. The van der Waals surface area contributed by atoms with Crippen LogP contribution in [0.15, 0.2) is 255 Å². The first-order valence-electron chi connectivity index (χ1n) is 25.9. The molecular formula is C70H62N2Si2. The summed E-state index contributed by atoms with van der Waals surface area (Å²) in [4.78, 5) is 4.80. The predicted octanol–water partition coefficient (Wildman–Crippen LogP) is 19.2. The Morgan fingerprint density at radius 2 is 0.622 bits per heavy atom. The summed E-state index contributed by atoms with van der Waals surface area (Å²) in [5.74, 6) is 0. The molecular weight excluding hydrogens is 925 g/mol. The van der Waals surface area contributed by atoms with Crippen molar-refractivity contribution in [1.29, 1.82) is 0 Å². The van der Waals surface area contributed by atoms with Crippen LogP contribution in [0.4, 0.5) is 34.1 Å². The molecule has 0 aromatic heterocycles. The maximum absolute atomic E-state index is 2.44. The summed E-state index contributed by atoms with van der Waals surface area (Å²) in [5.41, 5.74) is 16.2. The van der Waals surface area contributed by atoms with Crippen LogP contribution in [-0.2, 0) is 0 Å². The second kappa shape index (κ2) is 20.3. The highest BCUT2D eigenvalue weighted by Gasteiger charge is 2.23. The summed E-state index contributed by atoms with van der Waals surface area (Å²) in [6, 6.07) is 94.1. The third kappa shape index (κ3) is 9.95. The maximum atomic E-state index is 2.44. The molecule has 11 rings (SSSR count). The van der Waals surface area contributed by atoms with Crippen LogP contribution in [0.1, 0.15) is 11.1 Å². The molecule has 0 aliphatic heterocycles. The number of hydrogen-bond acceptors (Lipinski definition) is 2. The van der Waals surface area contributed by atoms with Crippen LogP contribution in [0, 0.1) is 0 Å². The SMILES string of the molecule is C[Si](C)(C)c1ccc(N(c2ccccc2)c2cccc(-c3c4ccccc4c(-c4cccc(N(c5ccccc5)c5ccc([Si](C)(C)C)cc5)c4)c4cc(-c5cccc(C=Cc6ccccc6)c5)ccc34)c2)cc1. The smallest absolute Gasteiger partial charge is 0.0775 e. The Bertz CT molecular complexity index is 3780. The van der Waals surface area contributed by atoms with Crippen molar-refractivity contribution < 1.29 is 0 Å². The highest BCUT2D eigenvalue weighted by molar-refractivity contribution is 6.89. The van der Waals surface area contributed by atoms with Gasteiger partial charge in [-0.3, -0.25) is 0 Å². The lowest BCUT2D eigenvalue weighted by molar-refractivity contribution is 1.28. The third-order valence-electron chi connectivity index (χ3n) is 14.3. The molecule has 74 heavy (non-hydrogen) atoms. The van der Waals surface area contributed by atoms with Crippen molar-refractivity contribution in [3.8, 4) is 33.4 Å². The summed E-state index contributed by atoms with van der Waals surface area (Å²) in [6.45, 7) is 14.5. The highest BCUT2D eigenvalue weighted by atomic mass is 28.3. The summed E-state index contributed by atoms with van der Waals surface area (Å²) >= 11 is 0. The van der Waals surface area contributed by atoms with Gasteiger partial charge in [-0.15, -0.1) is 0 Å². The van der Waals surface area contributed by atoms with E-state index in [1.54, 1.807) is 0 Å². The second-order valence-electron chi connectivity index (χ2n) is 21.5. The zero-order valence-corrected chi connectivity index (χ0v) is 45.3. The minimum absolute atomic E-state index is 1.11. The van der Waals surface area contributed by atoms with Gasteiger partial charge in [-0.05, 0) is 151 Å². The molecule has 2 nitrogen and oxygen atoms in total. The van der Waals surface area contributed by atoms with E-state index in [1.807, 2.05) is 0 Å². The van der Waals surface area contributed by atoms with E-state index in [9.17, 15) is 0 Å². The Morgan fingerprint density at radius 3 is 1.12 bits per heavy atom. The molecule has 0 amide bonds. The van der Waals surface area contributed by atoms with Crippen LogP contribution >= 0.6 is 0 Å². The van der Waals surface area contributed by atoms with Crippen molar-refractivity contribution in [2.75, 3.05) is 9.80 Å². The molecule has 0 fully saturated rings. The zero-order chi connectivity index (χ0) is 50.8. The van der Waals surface area contributed by atoms with E-state index in [4.69, 9.17) is 0 Å². The molecule has 0 aliphatic carbocycles. The minimum Gasteiger partial charge on any atom is -0.310 e. The fourth-order valence-corrected chi connectivity index (χ4v) is 12.8. The molecule has 0 saturated carbocycles. The third-order valence-corrected chi connectivity index (χ3v) is 18.4. The van der Waals surface area contributed by atoms with Gasteiger partial charge in [0.25, 0.3) is 0 Å². The normalized spacial score (nSPS) is 11.9. The summed E-state index contributed by atoms with van der Waals surface area (Å²) < 4.78 is 0. The topological polar surface area (TPSA) is 6.48 Å². The standard InChI is InChI=1S/C70H62N2Si2/c1-73(2,3)63-42-38-59(39-43-63)71(57-27-12-8-13-28-57)61-31-19-25-55(48-61)69-65-33-16-17-34-66(65)70(68-50-54(37-46-67(68)69)53-24-18-23-52(47-53)36-35-51-21-10-7-11-22-51)56-26-20-32-62(49-56)72(58-29-14-9-15-30-58)60-40-44-64(45-41-60)74(4,5)6/h7-50H,1-6H3. The van der Waals surface area contributed by atoms with Crippen LogP contribution < -0.4 is 20.2 Å². The molecule has 0 heterocycles. The molecule has 0 atom stereocenters. The largest absolute Gasteiger partial charge is 0.310 e. The Balaban J connectivity index is 1.12. The molecule has 0 bridgehead atoms. The molecule has 0 aliphatic rings. The molecule has 11 aromatic carbocycles. The Morgan fingerprint density at radius 1 is 0.257 bits per heavy atom. The number of anilines is 6. The van der Waals surface area contributed by atoms with Crippen molar-refractivity contribution in [3.63, 3.8) is 0 Å². The van der Waals surface area contributed by atoms with Gasteiger partial charge in [-0.1, -0.05) is 232 Å². The van der Waals surface area contributed by atoms with Crippen molar-refractivity contribution in [1.82, 2.24) is 0 Å². The quantitative estimate of drug-likeness (QED) is 0.0645.